The van der Waals surface area contributed by atoms with Crippen LogP contribution in [0.25, 0.3) is 39.6 Å². The highest BCUT2D eigenvalue weighted by Crippen LogP contribution is 2.34. The Kier molecular flexibility index (Phi) is 5.94. The number of hydrogen-bond acceptors (Lipinski definition) is 4. The Bertz CT molecular complexity index is 1690. The number of aryl methyl sites for hydroxylation is 5. The molecule has 6 rings (SSSR count). The maximum absolute atomic E-state index is 5.00. The minimum atomic E-state index is 0.789. The monoisotopic (exact) mass is 477 g/mol. The van der Waals surface area contributed by atoms with Crippen LogP contribution in [0.4, 0.5) is 0 Å². The van der Waals surface area contributed by atoms with Crippen LogP contribution in [0.2, 0.25) is 0 Å². The fraction of sp³-hybridized carbons (Fsp3) is 0.207. The normalized spacial score (nSPS) is 11.2. The van der Waals surface area contributed by atoms with Gasteiger partial charge in [0.25, 0.3) is 0 Å². The molecule has 0 spiro atoms. The maximum atomic E-state index is 5.00. The summed E-state index contributed by atoms with van der Waals surface area (Å²) in [5, 5.41) is 0. The van der Waals surface area contributed by atoms with E-state index in [2.05, 4.69) is 119 Å². The Balaban J connectivity index is 0.00000130. The summed E-state index contributed by atoms with van der Waals surface area (Å²) in [6.07, 6.45) is 7.63. The molecule has 4 heterocycles. The molecule has 0 saturated heterocycles. The number of rotatable bonds is 3. The molecule has 0 saturated carbocycles. The van der Waals surface area contributed by atoms with E-state index < -0.39 is 0 Å². The van der Waals surface area contributed by atoms with Crippen LogP contribution in [0, 0.1) is 34.6 Å². The quantitative estimate of drug-likeness (QED) is 0.358. The van der Waals surface area contributed by atoms with Crippen molar-refractivity contribution in [3.8, 4) is 22.8 Å². The smallest absolute Gasteiger partial charge is 0.168 e. The lowest BCUT2D eigenvalue weighted by Gasteiger charge is -2.18. The molecule has 7 nitrogen and oxygen atoms in total. The molecule has 0 bridgehead atoms. The summed E-state index contributed by atoms with van der Waals surface area (Å²) in [4.78, 5) is 13.9. The van der Waals surface area contributed by atoms with Gasteiger partial charge >= 0.3 is 0 Å². The minimum absolute atomic E-state index is 0.789. The first-order valence-corrected chi connectivity index (χ1v) is 12.0. The number of aromatic nitrogens is 6. The van der Waals surface area contributed by atoms with Gasteiger partial charge in [-0.2, -0.15) is 0 Å². The molecule has 182 valence electrons. The number of benzene rings is 2. The summed E-state index contributed by atoms with van der Waals surface area (Å²) in [7, 11) is 1.50. The van der Waals surface area contributed by atoms with Gasteiger partial charge in [-0.15, -0.1) is 0 Å². The van der Waals surface area contributed by atoms with Crippen LogP contribution in [0.1, 0.15) is 27.9 Å². The Labute approximate surface area is 210 Å². The Morgan fingerprint density at radius 1 is 0.778 bits per heavy atom. The molecular weight excluding hydrogens is 446 g/mol. The fourth-order valence-corrected chi connectivity index (χ4v) is 5.02. The van der Waals surface area contributed by atoms with Crippen molar-refractivity contribution >= 4 is 16.8 Å². The van der Waals surface area contributed by atoms with Crippen LogP contribution in [0.3, 0.4) is 0 Å². The van der Waals surface area contributed by atoms with E-state index in [0.29, 0.717) is 0 Å². The second kappa shape index (κ2) is 9.09. The van der Waals surface area contributed by atoms with Crippen molar-refractivity contribution in [1.82, 2.24) is 28.5 Å². The van der Waals surface area contributed by atoms with Gasteiger partial charge in [0.1, 0.15) is 23.3 Å². The van der Waals surface area contributed by atoms with Crippen molar-refractivity contribution in [3.63, 3.8) is 0 Å². The van der Waals surface area contributed by atoms with Gasteiger partial charge in [0, 0.05) is 23.7 Å². The maximum Gasteiger partial charge on any atom is 0.168 e. The number of nitrogens with zero attached hydrogens (tertiary/aromatic N) is 6. The number of fused-ring (bicyclic) bond motifs is 2. The van der Waals surface area contributed by atoms with Gasteiger partial charge in [0.15, 0.2) is 5.65 Å². The van der Waals surface area contributed by atoms with E-state index in [-0.39, 0.29) is 0 Å². The van der Waals surface area contributed by atoms with Crippen LogP contribution in [0.5, 0.6) is 0 Å². The van der Waals surface area contributed by atoms with Gasteiger partial charge in [-0.1, -0.05) is 18.2 Å². The van der Waals surface area contributed by atoms with Crippen molar-refractivity contribution in [1.29, 1.82) is 0 Å². The summed E-state index contributed by atoms with van der Waals surface area (Å²) >= 11 is 0. The van der Waals surface area contributed by atoms with E-state index in [1.165, 1.54) is 35.1 Å². The van der Waals surface area contributed by atoms with Gasteiger partial charge in [-0.25, -0.2) is 15.0 Å². The average molecular weight is 478 g/mol. The number of hydrogen-bond donors (Lipinski definition) is 1. The molecule has 7 heteroatoms. The van der Waals surface area contributed by atoms with Gasteiger partial charge < -0.3 is 14.7 Å². The Morgan fingerprint density at radius 2 is 1.47 bits per heavy atom. The predicted molar refractivity (Wildman–Crippen MR) is 146 cm³/mol. The summed E-state index contributed by atoms with van der Waals surface area (Å²) in [5.41, 5.74) is 16.6. The van der Waals surface area contributed by atoms with Gasteiger partial charge in [-0.05, 0) is 88.2 Å². The molecule has 0 atom stereocenters. The highest BCUT2D eigenvalue weighted by atomic mass is 15.2. The molecule has 0 radical (unpaired) electrons. The zero-order valence-electron chi connectivity index (χ0n) is 21.6. The van der Waals surface area contributed by atoms with E-state index in [1.54, 1.807) is 12.5 Å². The minimum Gasteiger partial charge on any atom is -0.333 e. The molecule has 0 unspecified atom stereocenters. The third-order valence-electron chi connectivity index (χ3n) is 6.75. The predicted octanol–water partition coefficient (Wildman–Crippen LogP) is 5.64. The van der Waals surface area contributed by atoms with E-state index >= 15 is 0 Å². The standard InChI is InChI=1S/C28H26N6.CH5N/c1-17-7-6-8-18(2)26(17)28-31-22-15-29-16-30-27(22)34(28)24-14-19(3)23(13-20(24)4)33-12-11-32-21(5)9-10-25(32)33;1-2/h6-16H,1-5H3;2H2,1H3. The highest BCUT2D eigenvalue weighted by Gasteiger charge is 2.21. The molecule has 4 aromatic heterocycles. The van der Waals surface area contributed by atoms with Crippen molar-refractivity contribution in [3.05, 3.63) is 95.3 Å². The molecule has 0 amide bonds. The zero-order chi connectivity index (χ0) is 25.6. The lowest BCUT2D eigenvalue weighted by molar-refractivity contribution is 1.02. The molecule has 2 N–H and O–H groups in total. The number of imidazole rings is 2. The van der Waals surface area contributed by atoms with Gasteiger partial charge in [0.05, 0.1) is 17.6 Å². The highest BCUT2D eigenvalue weighted by molar-refractivity contribution is 5.82. The Hall–Kier alpha value is -4.23. The third-order valence-corrected chi connectivity index (χ3v) is 6.75. The lowest BCUT2D eigenvalue weighted by Crippen LogP contribution is -2.06. The van der Waals surface area contributed by atoms with Crippen molar-refractivity contribution in [2.45, 2.75) is 34.6 Å². The van der Waals surface area contributed by atoms with Crippen LogP contribution in [-0.2, 0) is 0 Å². The van der Waals surface area contributed by atoms with Crippen LogP contribution < -0.4 is 5.73 Å². The van der Waals surface area contributed by atoms with Crippen LogP contribution >= 0.6 is 0 Å². The second-order valence-corrected chi connectivity index (χ2v) is 9.07. The van der Waals surface area contributed by atoms with E-state index in [4.69, 9.17) is 4.98 Å². The topological polar surface area (TPSA) is 79.0 Å². The summed E-state index contributed by atoms with van der Waals surface area (Å²) in [6, 6.07) is 15.2. The van der Waals surface area contributed by atoms with Crippen molar-refractivity contribution < 1.29 is 0 Å². The molecule has 6 aromatic rings. The lowest BCUT2D eigenvalue weighted by atomic mass is 10.0. The SMILES string of the molecule is CN.Cc1cc(-n2c(-c3c(C)cccc3C)nc3cncnc32)c(C)cc1-n1ccn2c(C)ccc12. The first kappa shape index (κ1) is 23.5. The third kappa shape index (κ3) is 3.60. The van der Waals surface area contributed by atoms with Crippen LogP contribution in [-0.4, -0.2) is 35.5 Å². The number of nitrogens with two attached hydrogens (primary N) is 1. The van der Waals surface area contributed by atoms with E-state index in [0.717, 1.165) is 39.4 Å². The molecule has 0 aliphatic rings. The largest absolute Gasteiger partial charge is 0.333 e. The first-order chi connectivity index (χ1) is 17.4. The van der Waals surface area contributed by atoms with Crippen molar-refractivity contribution in [2.75, 3.05) is 7.05 Å². The summed E-state index contributed by atoms with van der Waals surface area (Å²) in [6.45, 7) is 10.7. The molecule has 2 aromatic carbocycles. The molecule has 0 aliphatic heterocycles. The first-order valence-electron chi connectivity index (χ1n) is 12.0. The summed E-state index contributed by atoms with van der Waals surface area (Å²) < 4.78 is 6.65. The van der Waals surface area contributed by atoms with Crippen LogP contribution in [0.15, 0.2) is 67.4 Å². The fourth-order valence-electron chi connectivity index (χ4n) is 5.02. The zero-order valence-corrected chi connectivity index (χ0v) is 21.6. The van der Waals surface area contributed by atoms with Gasteiger partial charge in [0.2, 0.25) is 0 Å². The van der Waals surface area contributed by atoms with Crippen molar-refractivity contribution in [2.24, 2.45) is 5.73 Å². The molecule has 0 fully saturated rings. The average Bonchev–Trinajstić information content (AvgIpc) is 3.56. The molecule has 0 aliphatic carbocycles. The second-order valence-electron chi connectivity index (χ2n) is 9.07. The Morgan fingerprint density at radius 3 is 2.22 bits per heavy atom. The summed E-state index contributed by atoms with van der Waals surface area (Å²) in [5.74, 6) is 0.895. The van der Waals surface area contributed by atoms with E-state index in [9.17, 15) is 0 Å². The molecule has 36 heavy (non-hydrogen) atoms. The van der Waals surface area contributed by atoms with Gasteiger partial charge in [-0.3, -0.25) is 4.57 Å². The molecular formula is C29H31N7. The van der Waals surface area contributed by atoms with E-state index in [1.807, 2.05) is 0 Å².